The largest absolute Gasteiger partial charge is 0.369 e. The molecule has 0 aliphatic heterocycles. The Morgan fingerprint density at radius 2 is 2.37 bits per heavy atom. The summed E-state index contributed by atoms with van der Waals surface area (Å²) in [6.07, 6.45) is 1.63. The number of nitrogens with one attached hydrogen (secondary N) is 2. The molecule has 0 amide bonds. The van der Waals surface area contributed by atoms with Crippen LogP contribution in [0.15, 0.2) is 11.1 Å². The Morgan fingerprint density at radius 1 is 1.63 bits per heavy atom. The summed E-state index contributed by atoms with van der Waals surface area (Å²) in [6, 6.07) is -0.0380. The Balaban J connectivity index is 2.19. The van der Waals surface area contributed by atoms with Crippen LogP contribution >= 0.6 is 8.38 Å². The van der Waals surface area contributed by atoms with Gasteiger partial charge < -0.3 is 25.4 Å². The van der Waals surface area contributed by atoms with Crippen LogP contribution < -0.4 is 16.6 Å². The predicted molar refractivity (Wildman–Crippen MR) is 71.4 cm³/mol. The average Bonchev–Trinajstić information content (AvgIpc) is 2.70. The van der Waals surface area contributed by atoms with E-state index < -0.39 is 8.38 Å². The fourth-order valence-electron chi connectivity index (χ4n) is 1.70. The van der Waals surface area contributed by atoms with E-state index in [1.807, 2.05) is 6.92 Å². The molecule has 0 radical (unpaired) electrons. The summed E-state index contributed by atoms with van der Waals surface area (Å²) in [5.41, 5.74) is 5.75. The van der Waals surface area contributed by atoms with Gasteiger partial charge in [-0.3, -0.25) is 9.78 Å². The lowest BCUT2D eigenvalue weighted by molar-refractivity contribution is 0.453. The molecule has 2 rings (SSSR count). The topological polar surface area (TPSA) is 142 Å². The molecule has 2 aromatic heterocycles. The van der Waals surface area contributed by atoms with Crippen LogP contribution in [-0.4, -0.2) is 41.6 Å². The fourth-order valence-corrected chi connectivity index (χ4v) is 2.18. The number of anilines is 1. The van der Waals surface area contributed by atoms with Crippen molar-refractivity contribution in [2.45, 2.75) is 19.5 Å². The number of fused-ring (bicyclic) bond motifs is 1. The van der Waals surface area contributed by atoms with Gasteiger partial charge in [0.2, 0.25) is 5.95 Å². The lowest BCUT2D eigenvalue weighted by atomic mass is 10.3. The van der Waals surface area contributed by atoms with Crippen molar-refractivity contribution in [2.24, 2.45) is 0 Å². The molecule has 6 N–H and O–H groups in total. The van der Waals surface area contributed by atoms with Crippen LogP contribution in [0.2, 0.25) is 0 Å². The average molecular weight is 286 g/mol. The highest BCUT2D eigenvalue weighted by Crippen LogP contribution is 2.19. The molecule has 1 atom stereocenters. The number of aromatic amines is 1. The molecular formula is C9H15N6O3P. The van der Waals surface area contributed by atoms with Crippen molar-refractivity contribution < 1.29 is 9.79 Å². The summed E-state index contributed by atoms with van der Waals surface area (Å²) in [5.74, 6) is 0.0362. The van der Waals surface area contributed by atoms with Gasteiger partial charge in [0.05, 0.1) is 12.6 Å². The number of H-pyrrole nitrogens is 1. The van der Waals surface area contributed by atoms with Gasteiger partial charge >= 0.3 is 0 Å². The van der Waals surface area contributed by atoms with Crippen LogP contribution in [0.1, 0.15) is 6.92 Å². The second-order valence-corrected chi connectivity index (χ2v) is 5.22. The zero-order valence-electron chi connectivity index (χ0n) is 10.2. The smallest absolute Gasteiger partial charge is 0.280 e. The number of aromatic nitrogens is 4. The SMILES string of the molecule is CC(Cn1cnc2c(=O)[nH]c(N)nc21)NCP(O)O. The number of hydrogen-bond donors (Lipinski definition) is 5. The first-order chi connectivity index (χ1) is 8.97. The lowest BCUT2D eigenvalue weighted by Gasteiger charge is -2.14. The van der Waals surface area contributed by atoms with Crippen molar-refractivity contribution in [2.75, 3.05) is 12.0 Å². The molecule has 2 aromatic rings. The second kappa shape index (κ2) is 5.62. The van der Waals surface area contributed by atoms with Crippen LogP contribution in [0.25, 0.3) is 11.2 Å². The molecule has 2 heterocycles. The van der Waals surface area contributed by atoms with Crippen LogP contribution in [0.4, 0.5) is 5.95 Å². The van der Waals surface area contributed by atoms with E-state index in [0.717, 1.165) is 0 Å². The molecule has 0 fully saturated rings. The van der Waals surface area contributed by atoms with Gasteiger partial charge in [0, 0.05) is 12.6 Å². The molecule has 0 spiro atoms. The summed E-state index contributed by atoms with van der Waals surface area (Å²) >= 11 is 0. The van der Waals surface area contributed by atoms with Crippen molar-refractivity contribution in [3.63, 3.8) is 0 Å². The molecule has 0 aromatic carbocycles. The van der Waals surface area contributed by atoms with Gasteiger partial charge in [-0.1, -0.05) is 0 Å². The van der Waals surface area contributed by atoms with Gasteiger partial charge in [0.15, 0.2) is 19.5 Å². The third-order valence-electron chi connectivity index (χ3n) is 2.54. The number of nitrogen functional groups attached to an aromatic ring is 1. The zero-order chi connectivity index (χ0) is 14.0. The second-order valence-electron chi connectivity index (χ2n) is 4.16. The van der Waals surface area contributed by atoms with Gasteiger partial charge in [-0.15, -0.1) is 0 Å². The van der Waals surface area contributed by atoms with Gasteiger partial charge in [-0.05, 0) is 6.92 Å². The van der Waals surface area contributed by atoms with Crippen LogP contribution in [0, 0.1) is 0 Å². The van der Waals surface area contributed by atoms with E-state index in [2.05, 4.69) is 20.3 Å². The molecule has 9 nitrogen and oxygen atoms in total. The highest BCUT2D eigenvalue weighted by molar-refractivity contribution is 7.44. The first-order valence-corrected chi connectivity index (χ1v) is 7.00. The van der Waals surface area contributed by atoms with Gasteiger partial charge in [0.25, 0.3) is 5.56 Å². The van der Waals surface area contributed by atoms with E-state index in [4.69, 9.17) is 15.5 Å². The quantitative estimate of drug-likeness (QED) is 0.441. The minimum atomic E-state index is -1.97. The number of nitrogens with zero attached hydrogens (tertiary/aromatic N) is 3. The van der Waals surface area contributed by atoms with Crippen molar-refractivity contribution in [1.29, 1.82) is 0 Å². The third kappa shape index (κ3) is 3.27. The van der Waals surface area contributed by atoms with Crippen LogP contribution in [0.3, 0.4) is 0 Å². The van der Waals surface area contributed by atoms with Crippen molar-refractivity contribution in [3.8, 4) is 0 Å². The normalized spacial score (nSPS) is 13.3. The minimum absolute atomic E-state index is 0.0362. The molecule has 10 heteroatoms. The Morgan fingerprint density at radius 3 is 3.05 bits per heavy atom. The predicted octanol–water partition coefficient (Wildman–Crippen LogP) is -1.07. The Hall–Kier alpha value is -1.54. The van der Waals surface area contributed by atoms with E-state index >= 15 is 0 Å². The van der Waals surface area contributed by atoms with Gasteiger partial charge in [-0.2, -0.15) is 4.98 Å². The first kappa shape index (κ1) is 13.9. The molecular weight excluding hydrogens is 271 g/mol. The van der Waals surface area contributed by atoms with E-state index in [0.29, 0.717) is 12.2 Å². The molecule has 0 bridgehead atoms. The van der Waals surface area contributed by atoms with Crippen molar-refractivity contribution in [3.05, 3.63) is 16.7 Å². The number of imidazole rings is 1. The summed E-state index contributed by atoms with van der Waals surface area (Å²) in [7, 11) is -1.97. The standard InChI is InChI=1S/C9H15N6O3P/c1-5(12-4-19(17)18)2-15-3-11-6-7(15)13-9(10)14-8(6)16/h3,5,12,17-18H,2,4H2,1H3,(H3,10,13,14,16). The van der Waals surface area contributed by atoms with Crippen LogP contribution in [-0.2, 0) is 6.54 Å². The number of hydrogen-bond acceptors (Lipinski definition) is 7. The molecule has 1 unspecified atom stereocenters. The van der Waals surface area contributed by atoms with E-state index in [1.54, 1.807) is 4.57 Å². The maximum atomic E-state index is 11.6. The molecule has 0 saturated carbocycles. The molecule has 0 aliphatic rings. The third-order valence-corrected chi connectivity index (χ3v) is 3.01. The van der Waals surface area contributed by atoms with E-state index in [9.17, 15) is 4.79 Å². The number of rotatable bonds is 5. The summed E-state index contributed by atoms with van der Waals surface area (Å²) < 4.78 is 1.69. The molecule has 104 valence electrons. The highest BCUT2D eigenvalue weighted by Gasteiger charge is 2.12. The Labute approximate surface area is 109 Å². The molecule has 0 aliphatic carbocycles. The monoisotopic (exact) mass is 286 g/mol. The Bertz CT molecular complexity index is 624. The van der Waals surface area contributed by atoms with Gasteiger partial charge in [0.1, 0.15) is 0 Å². The highest BCUT2D eigenvalue weighted by atomic mass is 31.2. The van der Waals surface area contributed by atoms with E-state index in [1.165, 1.54) is 6.33 Å². The lowest BCUT2D eigenvalue weighted by Crippen LogP contribution is -2.30. The number of nitrogens with two attached hydrogens (primary N) is 1. The molecule has 19 heavy (non-hydrogen) atoms. The summed E-state index contributed by atoms with van der Waals surface area (Å²) in [5, 5.41) is 2.95. The minimum Gasteiger partial charge on any atom is -0.369 e. The maximum absolute atomic E-state index is 11.6. The van der Waals surface area contributed by atoms with E-state index in [-0.39, 0.29) is 29.4 Å². The summed E-state index contributed by atoms with van der Waals surface area (Å²) in [4.78, 5) is 39.7. The van der Waals surface area contributed by atoms with Crippen molar-refractivity contribution >= 4 is 25.5 Å². The summed E-state index contributed by atoms with van der Waals surface area (Å²) in [6.45, 7) is 2.36. The molecule has 0 saturated heterocycles. The first-order valence-electron chi connectivity index (χ1n) is 5.56. The Kier molecular flexibility index (Phi) is 4.11. The van der Waals surface area contributed by atoms with Crippen LogP contribution in [0.5, 0.6) is 0 Å². The zero-order valence-corrected chi connectivity index (χ0v) is 11.1. The maximum Gasteiger partial charge on any atom is 0.280 e. The van der Waals surface area contributed by atoms with Crippen molar-refractivity contribution in [1.82, 2.24) is 24.8 Å². The fraction of sp³-hybridized carbons (Fsp3) is 0.444. The van der Waals surface area contributed by atoms with Gasteiger partial charge in [-0.25, -0.2) is 4.98 Å².